The van der Waals surface area contributed by atoms with Gasteiger partial charge in [-0.15, -0.1) is 5.10 Å². The molecule has 0 radical (unpaired) electrons. The molecule has 2 fully saturated rings. The molecule has 12 heteroatoms. The second-order valence-electron chi connectivity index (χ2n) is 12.7. The first-order chi connectivity index (χ1) is 22.8. The smallest absolute Gasteiger partial charge is 0.268 e. The molecule has 7 rings (SSSR count). The van der Waals surface area contributed by atoms with Crippen molar-refractivity contribution in [2.75, 3.05) is 25.5 Å². The first kappa shape index (κ1) is 31.3. The fourth-order valence-corrected chi connectivity index (χ4v) is 8.45. The van der Waals surface area contributed by atoms with Crippen LogP contribution in [0, 0.1) is 6.92 Å². The average molecular weight is 653 g/mol. The molecule has 244 valence electrons. The summed E-state index contributed by atoms with van der Waals surface area (Å²) in [4.78, 5) is 26.1. The third-order valence-corrected chi connectivity index (χ3v) is 11.2. The molecule has 2 atom stereocenters. The zero-order valence-electron chi connectivity index (χ0n) is 27.1. The van der Waals surface area contributed by atoms with Crippen molar-refractivity contribution in [2.24, 2.45) is 7.05 Å². The van der Waals surface area contributed by atoms with Gasteiger partial charge in [0.25, 0.3) is 10.6 Å². The number of hydrogen-bond donors (Lipinski definition) is 1. The molecule has 1 N–H and O–H groups in total. The van der Waals surface area contributed by atoms with Crippen molar-refractivity contribution >= 4 is 33.8 Å². The third-order valence-electron chi connectivity index (χ3n) is 9.20. The Labute approximate surface area is 277 Å². The minimum Gasteiger partial charge on any atom is -0.610 e. The van der Waals surface area contributed by atoms with Gasteiger partial charge in [0, 0.05) is 47.6 Å². The Balaban J connectivity index is 1.23. The molecule has 5 aromatic rings. The van der Waals surface area contributed by atoms with Crippen molar-refractivity contribution in [3.05, 3.63) is 82.4 Å². The number of likely N-dealkylation sites (N-methyl/N-ethyl adjacent to an activating group) is 1. The fourth-order valence-electron chi connectivity index (χ4n) is 6.73. The molecule has 0 spiro atoms. The molecule has 0 bridgehead atoms. The van der Waals surface area contributed by atoms with E-state index in [1.165, 1.54) is 0 Å². The summed E-state index contributed by atoms with van der Waals surface area (Å²) in [6.45, 7) is 4.10. The number of likely N-dealkylation sites (tertiary alicyclic amines) is 1. The summed E-state index contributed by atoms with van der Waals surface area (Å²) in [6.07, 6.45) is 8.06. The monoisotopic (exact) mass is 652 g/mol. The number of anilines is 2. The number of piperidine rings is 1. The Morgan fingerprint density at radius 2 is 1.81 bits per heavy atom. The lowest BCUT2D eigenvalue weighted by Gasteiger charge is -2.30. The number of pyridine rings is 1. The largest absolute Gasteiger partial charge is 0.610 e. The Kier molecular flexibility index (Phi) is 8.98. The van der Waals surface area contributed by atoms with Gasteiger partial charge in [-0.05, 0) is 100 Å². The van der Waals surface area contributed by atoms with E-state index in [4.69, 9.17) is 9.72 Å². The van der Waals surface area contributed by atoms with Crippen LogP contribution in [-0.4, -0.2) is 70.5 Å². The molecule has 3 aromatic heterocycles. The van der Waals surface area contributed by atoms with Crippen molar-refractivity contribution in [3.8, 4) is 16.9 Å². The quantitative estimate of drug-likeness (QED) is 0.214. The van der Waals surface area contributed by atoms with Crippen LogP contribution < -0.4 is 15.6 Å². The summed E-state index contributed by atoms with van der Waals surface area (Å²) in [7, 11) is 3.89. The first-order valence-corrected chi connectivity index (χ1v) is 17.5. The van der Waals surface area contributed by atoms with E-state index in [9.17, 15) is 9.35 Å². The number of benzene rings is 2. The molecular formula is C35H40N8O3S. The van der Waals surface area contributed by atoms with E-state index in [1.54, 1.807) is 22.5 Å². The van der Waals surface area contributed by atoms with Gasteiger partial charge in [0.2, 0.25) is 5.95 Å². The number of rotatable bonds is 9. The van der Waals surface area contributed by atoms with Crippen LogP contribution in [0.5, 0.6) is 5.75 Å². The number of nitrogens with zero attached hydrogens (tertiary/aromatic N) is 7. The average Bonchev–Trinajstić information content (AvgIpc) is 3.74. The topological polar surface area (TPSA) is 126 Å². The predicted octanol–water partition coefficient (Wildman–Crippen LogP) is 5.21. The Bertz CT molecular complexity index is 1940. The maximum Gasteiger partial charge on any atom is 0.268 e. The van der Waals surface area contributed by atoms with Crippen LogP contribution in [0.1, 0.15) is 49.8 Å². The number of fused-ring (bicyclic) bond motifs is 1. The van der Waals surface area contributed by atoms with E-state index >= 15 is 0 Å². The van der Waals surface area contributed by atoms with Gasteiger partial charge in [-0.3, -0.25) is 9.36 Å². The Morgan fingerprint density at radius 1 is 1.02 bits per heavy atom. The number of ether oxygens (including phenoxy) is 1. The molecule has 1 saturated carbocycles. The van der Waals surface area contributed by atoms with Crippen molar-refractivity contribution in [2.45, 2.75) is 68.4 Å². The number of aryl methyl sites for hydroxylation is 2. The molecule has 47 heavy (non-hydrogen) atoms. The van der Waals surface area contributed by atoms with E-state index < -0.39 is 11.2 Å². The highest BCUT2D eigenvalue weighted by atomic mass is 32.2. The highest BCUT2D eigenvalue weighted by Crippen LogP contribution is 2.31. The zero-order chi connectivity index (χ0) is 32.5. The second-order valence-corrected chi connectivity index (χ2v) is 14.3. The summed E-state index contributed by atoms with van der Waals surface area (Å²) in [5.74, 6) is 1.17. The fraction of sp³-hybridized carbons (Fsp3) is 0.400. The lowest BCUT2D eigenvalue weighted by Crippen LogP contribution is -2.38. The zero-order valence-corrected chi connectivity index (χ0v) is 27.9. The van der Waals surface area contributed by atoms with Gasteiger partial charge in [0.1, 0.15) is 22.8 Å². The van der Waals surface area contributed by atoms with Crippen molar-refractivity contribution in [1.82, 2.24) is 34.4 Å². The van der Waals surface area contributed by atoms with Gasteiger partial charge in [-0.25, -0.2) is 9.67 Å². The van der Waals surface area contributed by atoms with Crippen molar-refractivity contribution < 1.29 is 9.29 Å². The van der Waals surface area contributed by atoms with Crippen LogP contribution in [-0.2, 0) is 24.8 Å². The van der Waals surface area contributed by atoms with E-state index in [2.05, 4.69) is 32.6 Å². The molecule has 4 heterocycles. The third kappa shape index (κ3) is 6.63. The summed E-state index contributed by atoms with van der Waals surface area (Å²) in [5, 5.41) is 13.3. The van der Waals surface area contributed by atoms with Gasteiger partial charge >= 0.3 is 0 Å². The first-order valence-electron chi connectivity index (χ1n) is 16.3. The summed E-state index contributed by atoms with van der Waals surface area (Å²) < 4.78 is 23.1. The van der Waals surface area contributed by atoms with Gasteiger partial charge in [-0.1, -0.05) is 29.5 Å². The molecule has 11 nitrogen and oxygen atoms in total. The highest BCUT2D eigenvalue weighted by Gasteiger charge is 2.34. The molecular weight excluding hydrogens is 613 g/mol. The SMILES string of the molecule is Cc1ccccc1-c1cc2cnc(Nc3ccc(OC4CCCN(C)C4)cc3)nc2n(Cc2nnn(C)c2[S+]([O-])C2CCCC2)c1=O. The van der Waals surface area contributed by atoms with Crippen molar-refractivity contribution in [1.29, 1.82) is 0 Å². The number of hydrogen-bond acceptors (Lipinski definition) is 9. The number of nitrogens with one attached hydrogen (secondary N) is 1. The lowest BCUT2D eigenvalue weighted by atomic mass is 10.0. The van der Waals surface area contributed by atoms with E-state index in [0.717, 1.165) is 74.2 Å². The minimum absolute atomic E-state index is 0.0663. The van der Waals surface area contributed by atoms with Gasteiger partial charge in [0.05, 0.1) is 6.54 Å². The van der Waals surface area contributed by atoms with Gasteiger partial charge in [0.15, 0.2) is 5.69 Å². The van der Waals surface area contributed by atoms with Crippen LogP contribution in [0.2, 0.25) is 0 Å². The van der Waals surface area contributed by atoms with E-state index in [0.29, 0.717) is 33.3 Å². The standard InChI is InChI=1S/C35H40N8O3S/c1-23-9-4-7-13-29(23)30-19-24-20-36-35(37-25-14-16-26(17-15-25)46-27-10-8-18-41(2)21-27)38-32(24)43(33(30)44)22-31-34(42(3)40-39-31)47(45)28-11-5-6-12-28/h4,7,9,13-17,19-20,27-28H,5-6,8,10-12,18,21-22H2,1-3H3,(H,36,37,38). The van der Waals surface area contributed by atoms with Gasteiger partial charge in [-0.2, -0.15) is 4.98 Å². The lowest BCUT2D eigenvalue weighted by molar-refractivity contribution is 0.104. The van der Waals surface area contributed by atoms with Crippen molar-refractivity contribution in [3.63, 3.8) is 0 Å². The van der Waals surface area contributed by atoms with Crippen LogP contribution >= 0.6 is 0 Å². The molecule has 2 aliphatic rings. The number of aromatic nitrogens is 6. The van der Waals surface area contributed by atoms with E-state index in [1.807, 2.05) is 61.5 Å². The maximum absolute atomic E-state index is 14.3. The molecule has 0 amide bonds. The summed E-state index contributed by atoms with van der Waals surface area (Å²) in [5.41, 5.74) is 3.92. The Morgan fingerprint density at radius 3 is 2.57 bits per heavy atom. The normalized spacial score (nSPS) is 18.1. The van der Waals surface area contributed by atoms with Crippen LogP contribution in [0.3, 0.4) is 0 Å². The van der Waals surface area contributed by atoms with Crippen LogP contribution in [0.15, 0.2) is 70.6 Å². The summed E-state index contributed by atoms with van der Waals surface area (Å²) in [6, 6.07) is 17.4. The second kappa shape index (κ2) is 13.5. The highest BCUT2D eigenvalue weighted by molar-refractivity contribution is 7.92. The van der Waals surface area contributed by atoms with E-state index in [-0.39, 0.29) is 23.5 Å². The van der Waals surface area contributed by atoms with Crippen LogP contribution in [0.4, 0.5) is 11.6 Å². The van der Waals surface area contributed by atoms with Gasteiger partial charge < -0.3 is 19.5 Å². The Hall–Kier alpha value is -4.26. The molecule has 1 aliphatic heterocycles. The molecule has 2 unspecified atom stereocenters. The minimum atomic E-state index is -1.28. The molecule has 1 saturated heterocycles. The van der Waals surface area contributed by atoms with Crippen LogP contribution in [0.25, 0.3) is 22.2 Å². The maximum atomic E-state index is 14.3. The summed E-state index contributed by atoms with van der Waals surface area (Å²) >= 11 is -1.28. The molecule has 1 aliphatic carbocycles. The molecule has 2 aromatic carbocycles. The predicted molar refractivity (Wildman–Crippen MR) is 184 cm³/mol.